The third-order valence-electron chi connectivity index (χ3n) is 5.50. The second-order valence-corrected chi connectivity index (χ2v) is 9.00. The number of piperazine rings is 1. The molecular weight excluding hydrogens is 357 g/mol. The average Bonchev–Trinajstić information content (AvgIpc) is 2.68. The van der Waals surface area contributed by atoms with Gasteiger partial charge in [0.05, 0.1) is 5.69 Å². The lowest BCUT2D eigenvalue weighted by molar-refractivity contribution is 0.259. The zero-order valence-corrected chi connectivity index (χ0v) is 16.4. The first kappa shape index (κ1) is 19.4. The molecule has 1 aromatic rings. The molecule has 2 aliphatic rings. The fourth-order valence-corrected chi connectivity index (χ4v) is 5.38. The van der Waals surface area contributed by atoms with Crippen LogP contribution in [0.1, 0.15) is 44.7 Å². The molecule has 2 fully saturated rings. The number of anilines is 1. The van der Waals surface area contributed by atoms with E-state index in [-0.39, 0.29) is 11.9 Å². The second-order valence-electron chi connectivity index (χ2n) is 7.01. The maximum atomic E-state index is 14.5. The van der Waals surface area contributed by atoms with Crippen LogP contribution in [-0.4, -0.2) is 66.3 Å². The molecule has 0 bridgehead atoms. The van der Waals surface area contributed by atoms with Crippen molar-refractivity contribution in [1.29, 1.82) is 0 Å². The predicted octanol–water partition coefficient (Wildman–Crippen LogP) is 1.81. The molecule has 0 N–H and O–H groups in total. The number of nitrogens with zero attached hydrogens (tertiary/aromatic N) is 5. The minimum absolute atomic E-state index is 0.0956. The summed E-state index contributed by atoms with van der Waals surface area (Å²) in [5.74, 6) is -0.125. The predicted molar refractivity (Wildman–Crippen MR) is 98.7 cm³/mol. The number of aryl methyl sites for hydroxylation is 1. The molecule has 1 aliphatic carbocycles. The molecule has 0 unspecified atom stereocenters. The zero-order valence-electron chi connectivity index (χ0n) is 15.6. The van der Waals surface area contributed by atoms with E-state index in [9.17, 15) is 12.8 Å². The Bertz CT molecular complexity index is 716. The highest BCUT2D eigenvalue weighted by molar-refractivity contribution is 7.86. The molecule has 9 heteroatoms. The van der Waals surface area contributed by atoms with Crippen LogP contribution >= 0.6 is 0 Å². The Balaban J connectivity index is 1.66. The van der Waals surface area contributed by atoms with Gasteiger partial charge in [-0.15, -0.1) is 0 Å². The first-order chi connectivity index (χ1) is 12.4. The lowest BCUT2D eigenvalue weighted by atomic mass is 9.96. The van der Waals surface area contributed by atoms with Crippen LogP contribution in [0.4, 0.5) is 10.2 Å². The summed E-state index contributed by atoms with van der Waals surface area (Å²) in [6.07, 6.45) is 7.10. The maximum Gasteiger partial charge on any atom is 0.282 e. The summed E-state index contributed by atoms with van der Waals surface area (Å²) in [4.78, 5) is 9.83. The first-order valence-corrected chi connectivity index (χ1v) is 10.8. The van der Waals surface area contributed by atoms with E-state index >= 15 is 0 Å². The molecule has 0 aromatic carbocycles. The Kier molecular flexibility index (Phi) is 6.09. The van der Waals surface area contributed by atoms with Crippen molar-refractivity contribution in [3.05, 3.63) is 17.8 Å². The molecule has 1 aromatic heterocycles. The van der Waals surface area contributed by atoms with E-state index in [0.29, 0.717) is 38.3 Å². The first-order valence-electron chi connectivity index (χ1n) is 9.42. The van der Waals surface area contributed by atoms with E-state index in [0.717, 1.165) is 25.7 Å². The van der Waals surface area contributed by atoms with E-state index < -0.39 is 16.0 Å². The van der Waals surface area contributed by atoms with Gasteiger partial charge in [-0.05, 0) is 19.3 Å². The summed E-state index contributed by atoms with van der Waals surface area (Å²) in [7, 11) is -1.79. The Morgan fingerprint density at radius 1 is 1.15 bits per heavy atom. The van der Waals surface area contributed by atoms with Crippen LogP contribution in [0.5, 0.6) is 0 Å². The van der Waals surface area contributed by atoms with E-state index in [1.165, 1.54) is 17.1 Å². The van der Waals surface area contributed by atoms with Crippen molar-refractivity contribution >= 4 is 16.0 Å². The fraction of sp³-hybridized carbons (Fsp3) is 0.765. The van der Waals surface area contributed by atoms with Gasteiger partial charge in [0.15, 0.2) is 11.6 Å². The highest BCUT2D eigenvalue weighted by Gasteiger charge is 2.35. The Hall–Kier alpha value is -1.32. The standard InChI is InChI=1S/C17H28FN5O2S/c1-3-15-16(18)17(20-13-19-15)22-9-11-23(12-10-22)26(24,25)21(2)14-7-5-4-6-8-14/h13-14H,3-12H2,1-2H3. The van der Waals surface area contributed by atoms with Gasteiger partial charge in [-0.2, -0.15) is 17.0 Å². The molecule has 1 saturated heterocycles. The van der Waals surface area contributed by atoms with Crippen LogP contribution in [0.15, 0.2) is 6.33 Å². The Morgan fingerprint density at radius 2 is 1.81 bits per heavy atom. The SMILES string of the molecule is CCc1ncnc(N2CCN(S(=O)(=O)N(C)C3CCCCC3)CC2)c1F. The molecule has 0 atom stereocenters. The highest BCUT2D eigenvalue weighted by atomic mass is 32.2. The summed E-state index contributed by atoms with van der Waals surface area (Å²) >= 11 is 0. The lowest BCUT2D eigenvalue weighted by Crippen LogP contribution is -2.54. The monoisotopic (exact) mass is 385 g/mol. The maximum absolute atomic E-state index is 14.5. The molecular formula is C17H28FN5O2S. The molecule has 3 rings (SSSR count). The molecule has 2 heterocycles. The van der Waals surface area contributed by atoms with Crippen molar-refractivity contribution in [2.24, 2.45) is 0 Å². The van der Waals surface area contributed by atoms with Gasteiger partial charge in [0, 0.05) is 39.3 Å². The summed E-state index contributed by atoms with van der Waals surface area (Å²) in [6, 6.07) is 0.0956. The van der Waals surface area contributed by atoms with Crippen LogP contribution in [0, 0.1) is 5.82 Å². The number of hydrogen-bond acceptors (Lipinski definition) is 5. The van der Waals surface area contributed by atoms with Crippen LogP contribution in [-0.2, 0) is 16.6 Å². The Morgan fingerprint density at radius 3 is 2.42 bits per heavy atom. The van der Waals surface area contributed by atoms with Crippen molar-refractivity contribution in [3.8, 4) is 0 Å². The van der Waals surface area contributed by atoms with Crippen molar-refractivity contribution < 1.29 is 12.8 Å². The molecule has 0 spiro atoms. The van der Waals surface area contributed by atoms with E-state index in [1.54, 1.807) is 11.4 Å². The van der Waals surface area contributed by atoms with Gasteiger partial charge in [0.1, 0.15) is 6.33 Å². The average molecular weight is 386 g/mol. The smallest absolute Gasteiger partial charge is 0.282 e. The van der Waals surface area contributed by atoms with Crippen molar-refractivity contribution in [1.82, 2.24) is 18.6 Å². The molecule has 1 aliphatic heterocycles. The van der Waals surface area contributed by atoms with Crippen molar-refractivity contribution in [2.75, 3.05) is 38.1 Å². The Labute approximate surface area is 155 Å². The minimum atomic E-state index is -3.48. The van der Waals surface area contributed by atoms with Gasteiger partial charge >= 0.3 is 0 Å². The molecule has 1 saturated carbocycles. The fourth-order valence-electron chi connectivity index (χ4n) is 3.81. The van der Waals surface area contributed by atoms with Gasteiger partial charge in [0.25, 0.3) is 10.2 Å². The van der Waals surface area contributed by atoms with Gasteiger partial charge in [-0.25, -0.2) is 14.4 Å². The number of hydrogen-bond donors (Lipinski definition) is 0. The summed E-state index contributed by atoms with van der Waals surface area (Å²) in [6.45, 7) is 3.37. The van der Waals surface area contributed by atoms with Gasteiger partial charge in [-0.3, -0.25) is 0 Å². The topological polar surface area (TPSA) is 69.6 Å². The van der Waals surface area contributed by atoms with Gasteiger partial charge in [-0.1, -0.05) is 26.2 Å². The molecule has 26 heavy (non-hydrogen) atoms. The van der Waals surface area contributed by atoms with Crippen molar-refractivity contribution in [2.45, 2.75) is 51.5 Å². The minimum Gasteiger partial charge on any atom is -0.351 e. The van der Waals surface area contributed by atoms with E-state index in [1.807, 2.05) is 11.8 Å². The normalized spacial score (nSPS) is 20.7. The number of halogens is 1. The molecule has 0 amide bonds. The largest absolute Gasteiger partial charge is 0.351 e. The number of aromatic nitrogens is 2. The summed E-state index contributed by atoms with van der Waals surface area (Å²) in [5.41, 5.74) is 0.391. The molecule has 146 valence electrons. The zero-order chi connectivity index (χ0) is 18.7. The van der Waals surface area contributed by atoms with E-state index in [2.05, 4.69) is 9.97 Å². The third kappa shape index (κ3) is 3.84. The second kappa shape index (κ2) is 8.14. The quantitative estimate of drug-likeness (QED) is 0.773. The lowest BCUT2D eigenvalue weighted by Gasteiger charge is -2.39. The third-order valence-corrected chi connectivity index (χ3v) is 7.54. The van der Waals surface area contributed by atoms with Crippen molar-refractivity contribution in [3.63, 3.8) is 0 Å². The number of rotatable bonds is 5. The summed E-state index contributed by atoms with van der Waals surface area (Å²) < 4.78 is 43.4. The highest BCUT2D eigenvalue weighted by Crippen LogP contribution is 2.26. The summed E-state index contributed by atoms with van der Waals surface area (Å²) in [5, 5.41) is 0. The van der Waals surface area contributed by atoms with E-state index in [4.69, 9.17) is 0 Å². The molecule has 0 radical (unpaired) electrons. The van der Waals surface area contributed by atoms with Crippen LogP contribution in [0.3, 0.4) is 0 Å². The van der Waals surface area contributed by atoms with Gasteiger partial charge in [0.2, 0.25) is 0 Å². The molecule has 7 nitrogen and oxygen atoms in total. The van der Waals surface area contributed by atoms with Crippen LogP contribution in [0.2, 0.25) is 0 Å². The van der Waals surface area contributed by atoms with Crippen LogP contribution in [0.25, 0.3) is 0 Å². The van der Waals surface area contributed by atoms with Crippen LogP contribution < -0.4 is 4.90 Å². The van der Waals surface area contributed by atoms with Gasteiger partial charge < -0.3 is 4.90 Å².